The molecule has 334 valence electrons. The third kappa shape index (κ3) is 8.96. The van der Waals surface area contributed by atoms with E-state index in [1.165, 1.54) is 33.9 Å². The monoisotopic (exact) mass is 940 g/mol. The number of hydrogen-bond donors (Lipinski definition) is 2. The van der Waals surface area contributed by atoms with Gasteiger partial charge in [0.2, 0.25) is 7.57 Å². The molecule has 27 heteroatoms. The highest BCUT2D eigenvalue weighted by molar-refractivity contribution is 8.54. The van der Waals surface area contributed by atoms with Crippen LogP contribution in [0.3, 0.4) is 0 Å². The van der Waals surface area contributed by atoms with E-state index in [1.807, 2.05) is 6.92 Å². The smallest absolute Gasteiger partial charge is 0.389 e. The number of anilines is 2. The minimum absolute atomic E-state index is 0.0211. The summed E-state index contributed by atoms with van der Waals surface area (Å²) < 4.78 is 111. The van der Waals surface area contributed by atoms with E-state index >= 15 is 8.78 Å². The Morgan fingerprint density at radius 1 is 0.797 bits per heavy atom. The molecule has 21 nitrogen and oxygen atoms in total. The van der Waals surface area contributed by atoms with E-state index in [-0.39, 0.29) is 45.5 Å². The van der Waals surface area contributed by atoms with Crippen LogP contribution in [0.1, 0.15) is 41.7 Å². The van der Waals surface area contributed by atoms with Crippen LogP contribution in [0.2, 0.25) is 0 Å². The predicted octanol–water partition coefficient (Wildman–Crippen LogP) is 5.44. The summed E-state index contributed by atoms with van der Waals surface area (Å²) in [7, 11) is 1.31. The maximum absolute atomic E-state index is 16.8. The number of alkyl halides is 2. The van der Waals surface area contributed by atoms with E-state index in [4.69, 9.17) is 56.1 Å². The first-order valence-electron chi connectivity index (χ1n) is 19.6. The van der Waals surface area contributed by atoms with Crippen LogP contribution in [0.25, 0.3) is 22.3 Å². The van der Waals surface area contributed by atoms with Crippen molar-refractivity contribution in [3.05, 3.63) is 85.0 Å². The fourth-order valence-corrected chi connectivity index (χ4v) is 11.5. The summed E-state index contributed by atoms with van der Waals surface area (Å²) in [6.45, 7) is -3.48. The minimum Gasteiger partial charge on any atom is -0.494 e. The lowest BCUT2D eigenvalue weighted by Crippen LogP contribution is -2.37. The lowest BCUT2D eigenvalue weighted by atomic mass is 10.1. The van der Waals surface area contributed by atoms with Crippen molar-refractivity contribution >= 4 is 73.2 Å². The van der Waals surface area contributed by atoms with Gasteiger partial charge in [-0.25, -0.2) is 48.0 Å². The highest BCUT2D eigenvalue weighted by atomic mass is 32.7. The average molecular weight is 941 g/mol. The molecular formula is C37H37BF2N10O11P2S. The first-order chi connectivity index (χ1) is 30.8. The molecule has 3 aliphatic heterocycles. The van der Waals surface area contributed by atoms with Crippen molar-refractivity contribution in [3.8, 4) is 11.5 Å². The molecule has 0 amide bonds. The summed E-state index contributed by atoms with van der Waals surface area (Å²) in [4.78, 5) is 37.3. The molecule has 4 aromatic heterocycles. The minimum atomic E-state index is -4.69. The molecule has 3 saturated heterocycles. The van der Waals surface area contributed by atoms with Crippen molar-refractivity contribution < 1.29 is 59.7 Å². The number of ether oxygens (including phenoxy) is 4. The molecular weight excluding hydrogens is 903 g/mol. The third-order valence-corrected chi connectivity index (χ3v) is 15.0. The Hall–Kier alpha value is -5.10. The second kappa shape index (κ2) is 18.1. The zero-order valence-electron chi connectivity index (χ0n) is 33.4. The molecule has 3 aliphatic rings. The molecule has 6 aromatic rings. The number of esters is 1. The standard InChI is InChI=1S/C37H37BF2N10O11P2S/c1-2-11-54-21-9-5-20(6-10-21)37(51)57-22-7-3-19(4-8-22)14-64-63(53)56-13-24-29(25(39)35(59-24)49-17-47-27-31(41)43-15-45-33(27)49)60-62(38,52)55-12-23-30(61-63)26(40)36(58-23)50-18-48-28-32(42)44-16-46-34(28)50/h3-10,15-18,23-26,29-30,35-36H,2,11-14H2,1H3,(H2,41,43,45)(H2,42,44,46)/t23-,24-,25-,26-,29-,30-,35-,36-,62-,63+/m1/s1. The van der Waals surface area contributed by atoms with Gasteiger partial charge < -0.3 is 39.5 Å². The van der Waals surface area contributed by atoms with Gasteiger partial charge in [-0.1, -0.05) is 19.1 Å². The Kier molecular flexibility index (Phi) is 12.4. The number of nitrogens with two attached hydrogens (primary N) is 2. The fourth-order valence-electron chi connectivity index (χ4n) is 7.14. The van der Waals surface area contributed by atoms with Gasteiger partial charge in [0, 0.05) is 5.75 Å². The second-order valence-electron chi connectivity index (χ2n) is 14.6. The SMILES string of the molecule is [B][P@@]1(=O)OC[C@H]2O[C@@H](n3cnc4c(N)ncnc43)[C@H](F)[C@@H]2O[P@@](=O)(SCc2ccc(OC(=O)c3ccc(OCCC)cc3)cc2)OC[C@H]2O[C@@H](n3cnc4c(N)ncnc43)[C@H](F)[C@@H]2O1. The van der Waals surface area contributed by atoms with E-state index in [0.29, 0.717) is 34.9 Å². The van der Waals surface area contributed by atoms with Crippen molar-refractivity contribution in [1.82, 2.24) is 39.0 Å². The number of carbonyl (C=O) groups excluding carboxylic acids is 1. The molecule has 2 radical (unpaired) electrons. The van der Waals surface area contributed by atoms with Gasteiger partial charge in [-0.2, -0.15) is 0 Å². The van der Waals surface area contributed by atoms with E-state index in [9.17, 15) is 13.9 Å². The number of halogens is 2. The molecule has 0 aliphatic carbocycles. The largest absolute Gasteiger partial charge is 0.494 e. The van der Waals surface area contributed by atoms with Gasteiger partial charge in [0.25, 0.3) is 7.47 Å². The van der Waals surface area contributed by atoms with Crippen LogP contribution in [0.4, 0.5) is 20.4 Å². The number of aromatic nitrogens is 8. The number of nitrogens with zero attached hydrogens (tertiary/aromatic N) is 8. The molecule has 10 atom stereocenters. The van der Waals surface area contributed by atoms with Crippen molar-refractivity contribution in [3.63, 3.8) is 0 Å². The van der Waals surface area contributed by atoms with Gasteiger partial charge >= 0.3 is 12.8 Å². The number of nitrogen functional groups attached to an aromatic ring is 2. The van der Waals surface area contributed by atoms with Crippen LogP contribution in [0.15, 0.2) is 73.8 Å². The van der Waals surface area contributed by atoms with Gasteiger partial charge in [0.05, 0.1) is 38.0 Å². The summed E-state index contributed by atoms with van der Waals surface area (Å²) in [6.07, 6.45) is -8.09. The maximum atomic E-state index is 16.8. The van der Waals surface area contributed by atoms with Gasteiger partial charge in [0.1, 0.15) is 59.6 Å². The zero-order chi connectivity index (χ0) is 44.8. The molecule has 0 unspecified atom stereocenters. The van der Waals surface area contributed by atoms with Crippen LogP contribution in [0.5, 0.6) is 11.5 Å². The van der Waals surface area contributed by atoms with Gasteiger partial charge in [0.15, 0.2) is 47.7 Å². The number of rotatable bonds is 10. The van der Waals surface area contributed by atoms with Crippen LogP contribution in [-0.2, 0) is 42.5 Å². The zero-order valence-corrected chi connectivity index (χ0v) is 36.0. The van der Waals surface area contributed by atoms with E-state index in [2.05, 4.69) is 29.9 Å². The summed E-state index contributed by atoms with van der Waals surface area (Å²) in [6, 6.07) is 12.8. The van der Waals surface area contributed by atoms with E-state index < -0.39 is 82.7 Å². The van der Waals surface area contributed by atoms with Crippen molar-refractivity contribution in [2.45, 2.75) is 68.3 Å². The topological polar surface area (TPSA) is 264 Å². The molecule has 2 aromatic carbocycles. The summed E-state index contributed by atoms with van der Waals surface area (Å²) in [5, 5.41) is 0. The molecule has 7 heterocycles. The number of hydrogen-bond acceptors (Lipinski definition) is 20. The Morgan fingerprint density at radius 3 is 1.92 bits per heavy atom. The fraction of sp³-hybridized carbons (Fsp3) is 0.378. The number of carbonyl (C=O) groups is 1. The predicted molar refractivity (Wildman–Crippen MR) is 225 cm³/mol. The summed E-state index contributed by atoms with van der Waals surface area (Å²) in [5.74, 6) is 0.239. The number of fused-ring (bicyclic) bond motifs is 4. The lowest BCUT2D eigenvalue weighted by Gasteiger charge is -2.30. The van der Waals surface area contributed by atoms with Crippen LogP contribution < -0.4 is 20.9 Å². The summed E-state index contributed by atoms with van der Waals surface area (Å²) >= 11 is 0.674. The molecule has 0 bridgehead atoms. The van der Waals surface area contributed by atoms with Crippen molar-refractivity contribution in [1.29, 1.82) is 0 Å². The molecule has 3 fully saturated rings. The van der Waals surface area contributed by atoms with Gasteiger partial charge in [-0.3, -0.25) is 22.7 Å². The first-order valence-corrected chi connectivity index (χ1v) is 24.3. The highest BCUT2D eigenvalue weighted by Crippen LogP contribution is 2.65. The second-order valence-corrected chi connectivity index (χ2v) is 20.2. The highest BCUT2D eigenvalue weighted by Gasteiger charge is 2.54. The number of benzene rings is 2. The Bertz CT molecular complexity index is 2760. The van der Waals surface area contributed by atoms with Crippen LogP contribution in [-0.4, -0.2) is 109 Å². The third-order valence-electron chi connectivity index (χ3n) is 10.3. The molecule has 4 N–H and O–H groups in total. The van der Waals surface area contributed by atoms with E-state index in [0.717, 1.165) is 19.1 Å². The van der Waals surface area contributed by atoms with Crippen LogP contribution >= 0.6 is 25.7 Å². The lowest BCUT2D eigenvalue weighted by molar-refractivity contribution is -0.0546. The Labute approximate surface area is 367 Å². The quantitative estimate of drug-likeness (QED) is 0.0749. The van der Waals surface area contributed by atoms with Crippen molar-refractivity contribution in [2.75, 3.05) is 31.3 Å². The van der Waals surface area contributed by atoms with E-state index in [1.54, 1.807) is 36.4 Å². The molecule has 0 saturated carbocycles. The number of imidazole rings is 2. The van der Waals surface area contributed by atoms with Gasteiger partial charge in [-0.15, -0.1) is 0 Å². The first kappa shape index (κ1) is 44.1. The van der Waals surface area contributed by atoms with Crippen LogP contribution in [0, 0.1) is 0 Å². The normalized spacial score (nSPS) is 29.7. The maximum Gasteiger partial charge on any atom is 0.389 e. The Balaban J connectivity index is 0.975. The molecule has 9 rings (SSSR count). The molecule has 64 heavy (non-hydrogen) atoms. The summed E-state index contributed by atoms with van der Waals surface area (Å²) in [5.41, 5.74) is 13.3. The molecule has 0 spiro atoms. The van der Waals surface area contributed by atoms with Crippen molar-refractivity contribution in [2.24, 2.45) is 0 Å². The Morgan fingerprint density at radius 2 is 1.34 bits per heavy atom. The van der Waals surface area contributed by atoms with Gasteiger partial charge in [-0.05, 0) is 59.8 Å². The average Bonchev–Trinajstić information content (AvgIpc) is 4.06.